The van der Waals surface area contributed by atoms with Crippen molar-refractivity contribution in [1.29, 1.82) is 0 Å². The Morgan fingerprint density at radius 3 is 2.48 bits per heavy atom. The van der Waals surface area contributed by atoms with E-state index in [1.165, 1.54) is 0 Å². The van der Waals surface area contributed by atoms with E-state index in [0.29, 0.717) is 12.2 Å². The molecule has 0 saturated heterocycles. The first kappa shape index (κ1) is 19.3. The zero-order valence-corrected chi connectivity index (χ0v) is 15.8. The Labute approximate surface area is 150 Å². The Bertz CT molecular complexity index is 818. The SMILES string of the molecule is CCC(=O)Nc1nnc(S(=O)(=O)NC(CC)c2ccc(OC)cc2)s1. The third kappa shape index (κ3) is 4.97. The van der Waals surface area contributed by atoms with Gasteiger partial charge in [-0.25, -0.2) is 13.1 Å². The molecule has 0 bridgehead atoms. The molecule has 1 heterocycles. The average Bonchev–Trinajstić information content (AvgIpc) is 3.09. The molecule has 1 aromatic heterocycles. The van der Waals surface area contributed by atoms with Crippen molar-refractivity contribution in [2.24, 2.45) is 0 Å². The molecule has 1 unspecified atom stereocenters. The summed E-state index contributed by atoms with van der Waals surface area (Å²) in [4.78, 5) is 11.4. The van der Waals surface area contributed by atoms with Crippen LogP contribution in [0.1, 0.15) is 38.3 Å². The van der Waals surface area contributed by atoms with E-state index in [-0.39, 0.29) is 21.8 Å². The van der Waals surface area contributed by atoms with Gasteiger partial charge in [-0.05, 0) is 24.1 Å². The van der Waals surface area contributed by atoms with Gasteiger partial charge in [-0.2, -0.15) is 0 Å². The van der Waals surface area contributed by atoms with Gasteiger partial charge in [0, 0.05) is 12.5 Å². The first-order valence-electron chi connectivity index (χ1n) is 7.69. The number of hydrogen-bond donors (Lipinski definition) is 2. The van der Waals surface area contributed by atoms with Crippen molar-refractivity contribution in [3.05, 3.63) is 29.8 Å². The molecule has 8 nitrogen and oxygen atoms in total. The maximum Gasteiger partial charge on any atom is 0.270 e. The zero-order valence-electron chi connectivity index (χ0n) is 14.1. The normalized spacial score (nSPS) is 12.6. The van der Waals surface area contributed by atoms with Crippen molar-refractivity contribution < 1.29 is 17.9 Å². The standard InChI is InChI=1S/C15H20N4O4S2/c1-4-12(10-6-8-11(23-3)9-7-10)19-25(21,22)15-18-17-14(24-15)16-13(20)5-2/h6-9,12,19H,4-5H2,1-3H3,(H,16,17,20). The molecule has 25 heavy (non-hydrogen) atoms. The largest absolute Gasteiger partial charge is 0.497 e. The van der Waals surface area contributed by atoms with Gasteiger partial charge in [0.05, 0.1) is 7.11 Å². The Morgan fingerprint density at radius 1 is 1.24 bits per heavy atom. The second kappa shape index (κ2) is 8.37. The average molecular weight is 384 g/mol. The fourth-order valence-corrected chi connectivity index (χ4v) is 4.28. The van der Waals surface area contributed by atoms with E-state index in [2.05, 4.69) is 20.2 Å². The number of methoxy groups -OCH3 is 1. The molecule has 0 fully saturated rings. The van der Waals surface area contributed by atoms with Crippen LogP contribution >= 0.6 is 11.3 Å². The minimum absolute atomic E-state index is 0.157. The number of sulfonamides is 1. The summed E-state index contributed by atoms with van der Waals surface area (Å²) in [5, 5.41) is 10.0. The van der Waals surface area contributed by atoms with Crippen LogP contribution in [0.2, 0.25) is 0 Å². The topological polar surface area (TPSA) is 110 Å². The van der Waals surface area contributed by atoms with Gasteiger partial charge < -0.3 is 10.1 Å². The Kier molecular flexibility index (Phi) is 6.45. The van der Waals surface area contributed by atoms with Crippen molar-refractivity contribution >= 4 is 32.4 Å². The highest BCUT2D eigenvalue weighted by Gasteiger charge is 2.24. The molecular formula is C15H20N4O4S2. The molecule has 1 atom stereocenters. The number of rotatable bonds is 8. The van der Waals surface area contributed by atoms with Gasteiger partial charge in [0.25, 0.3) is 10.0 Å². The highest BCUT2D eigenvalue weighted by atomic mass is 32.2. The summed E-state index contributed by atoms with van der Waals surface area (Å²) in [6.45, 7) is 3.57. The van der Waals surface area contributed by atoms with E-state index >= 15 is 0 Å². The molecule has 1 aromatic carbocycles. The summed E-state index contributed by atoms with van der Waals surface area (Å²) in [5.74, 6) is 0.444. The van der Waals surface area contributed by atoms with Crippen LogP contribution in [0.5, 0.6) is 5.75 Å². The third-order valence-corrected chi connectivity index (χ3v) is 6.11. The van der Waals surface area contributed by atoms with Crippen molar-refractivity contribution in [3.63, 3.8) is 0 Å². The molecule has 2 rings (SSSR count). The third-order valence-electron chi connectivity index (χ3n) is 3.43. The van der Waals surface area contributed by atoms with Gasteiger partial charge in [0.2, 0.25) is 15.4 Å². The minimum Gasteiger partial charge on any atom is -0.497 e. The second-order valence-electron chi connectivity index (χ2n) is 5.13. The van der Waals surface area contributed by atoms with Crippen LogP contribution in [-0.4, -0.2) is 31.6 Å². The number of carbonyl (C=O) groups is 1. The van der Waals surface area contributed by atoms with Gasteiger partial charge in [-0.15, -0.1) is 10.2 Å². The maximum atomic E-state index is 12.5. The Morgan fingerprint density at radius 2 is 1.92 bits per heavy atom. The molecule has 136 valence electrons. The highest BCUT2D eigenvalue weighted by molar-refractivity contribution is 7.91. The molecule has 2 N–H and O–H groups in total. The van der Waals surface area contributed by atoms with Gasteiger partial charge in [0.15, 0.2) is 0 Å². The van der Waals surface area contributed by atoms with Gasteiger partial charge in [-0.3, -0.25) is 4.79 Å². The maximum absolute atomic E-state index is 12.5. The van der Waals surface area contributed by atoms with Crippen LogP contribution in [0.3, 0.4) is 0 Å². The molecular weight excluding hydrogens is 364 g/mol. The van der Waals surface area contributed by atoms with E-state index in [1.54, 1.807) is 26.2 Å². The number of amides is 1. The fraction of sp³-hybridized carbons (Fsp3) is 0.400. The predicted molar refractivity (Wildman–Crippen MR) is 95.2 cm³/mol. The van der Waals surface area contributed by atoms with Crippen LogP contribution in [0.4, 0.5) is 5.13 Å². The fourth-order valence-electron chi connectivity index (χ4n) is 2.04. The lowest BCUT2D eigenvalue weighted by molar-refractivity contribution is -0.115. The number of anilines is 1. The first-order valence-corrected chi connectivity index (χ1v) is 9.99. The van der Waals surface area contributed by atoms with Crippen molar-refractivity contribution in [2.45, 2.75) is 37.1 Å². The van der Waals surface area contributed by atoms with Gasteiger partial charge >= 0.3 is 0 Å². The molecule has 0 saturated carbocycles. The number of aromatic nitrogens is 2. The summed E-state index contributed by atoms with van der Waals surface area (Å²) < 4.78 is 32.6. The number of carbonyl (C=O) groups excluding carboxylic acids is 1. The van der Waals surface area contributed by atoms with E-state index in [0.717, 1.165) is 16.9 Å². The summed E-state index contributed by atoms with van der Waals surface area (Å²) in [6, 6.07) is 6.75. The lowest BCUT2D eigenvalue weighted by atomic mass is 10.1. The second-order valence-corrected chi connectivity index (χ2v) is 8.00. The number of nitrogens with one attached hydrogen (secondary N) is 2. The Hall–Kier alpha value is -2.04. The minimum atomic E-state index is -3.84. The van der Waals surface area contributed by atoms with Crippen LogP contribution in [-0.2, 0) is 14.8 Å². The van der Waals surface area contributed by atoms with E-state index in [1.807, 2.05) is 19.1 Å². The number of ether oxygens (including phenoxy) is 1. The lowest BCUT2D eigenvalue weighted by Gasteiger charge is -2.16. The highest BCUT2D eigenvalue weighted by Crippen LogP contribution is 2.25. The first-order chi connectivity index (χ1) is 11.9. The molecule has 0 spiro atoms. The van der Waals surface area contributed by atoms with E-state index in [9.17, 15) is 13.2 Å². The molecule has 0 aliphatic rings. The summed E-state index contributed by atoms with van der Waals surface area (Å²) in [6.07, 6.45) is 0.832. The van der Waals surface area contributed by atoms with Gasteiger partial charge in [0.1, 0.15) is 5.75 Å². The monoisotopic (exact) mass is 384 g/mol. The molecule has 0 aliphatic carbocycles. The number of benzene rings is 1. The van der Waals surface area contributed by atoms with Crippen LogP contribution < -0.4 is 14.8 Å². The van der Waals surface area contributed by atoms with Gasteiger partial charge in [-0.1, -0.05) is 37.3 Å². The van der Waals surface area contributed by atoms with E-state index in [4.69, 9.17) is 4.74 Å². The molecule has 0 radical (unpaired) electrons. The molecule has 1 amide bonds. The lowest BCUT2D eigenvalue weighted by Crippen LogP contribution is -2.28. The summed E-state index contributed by atoms with van der Waals surface area (Å²) in [7, 11) is -2.28. The van der Waals surface area contributed by atoms with E-state index < -0.39 is 16.1 Å². The quantitative estimate of drug-likeness (QED) is 0.676. The number of hydrogen-bond acceptors (Lipinski definition) is 7. The zero-order chi connectivity index (χ0) is 18.4. The van der Waals surface area contributed by atoms with Crippen molar-refractivity contribution in [3.8, 4) is 5.75 Å². The summed E-state index contributed by atoms with van der Waals surface area (Å²) >= 11 is 0.813. The van der Waals surface area contributed by atoms with Crippen molar-refractivity contribution in [2.75, 3.05) is 12.4 Å². The predicted octanol–water partition coefficient (Wildman–Crippen LogP) is 2.32. The van der Waals surface area contributed by atoms with Crippen LogP contribution in [0.25, 0.3) is 0 Å². The summed E-state index contributed by atoms with van der Waals surface area (Å²) in [5.41, 5.74) is 0.816. The smallest absolute Gasteiger partial charge is 0.270 e. The van der Waals surface area contributed by atoms with Crippen molar-refractivity contribution in [1.82, 2.24) is 14.9 Å². The Balaban J connectivity index is 2.16. The van der Waals surface area contributed by atoms with Crippen LogP contribution in [0, 0.1) is 0 Å². The molecule has 10 heteroatoms. The molecule has 0 aliphatic heterocycles. The molecule has 2 aromatic rings. The number of nitrogens with zero attached hydrogens (tertiary/aromatic N) is 2. The van der Waals surface area contributed by atoms with Crippen LogP contribution in [0.15, 0.2) is 28.6 Å².